The first kappa shape index (κ1) is 19.3. The number of rotatable bonds is 4. The van der Waals surface area contributed by atoms with E-state index in [0.717, 1.165) is 24.7 Å². The summed E-state index contributed by atoms with van der Waals surface area (Å²) in [5.74, 6) is -0.160. The number of aromatic nitrogens is 3. The second-order valence-electron chi connectivity index (χ2n) is 7.40. The smallest absolute Gasteiger partial charge is 0.259 e. The Morgan fingerprint density at radius 2 is 1.93 bits per heavy atom. The van der Waals surface area contributed by atoms with E-state index in [1.54, 1.807) is 18.2 Å². The molecule has 0 unspecified atom stereocenters. The van der Waals surface area contributed by atoms with Crippen LogP contribution in [-0.4, -0.2) is 41.2 Å². The highest BCUT2D eigenvalue weighted by molar-refractivity contribution is 7.90. The fourth-order valence-electron chi connectivity index (χ4n) is 3.15. The summed E-state index contributed by atoms with van der Waals surface area (Å²) in [6.07, 6.45) is 4.39. The van der Waals surface area contributed by atoms with Crippen LogP contribution >= 0.6 is 0 Å². The van der Waals surface area contributed by atoms with Gasteiger partial charge in [-0.2, -0.15) is 4.98 Å². The molecule has 1 amide bonds. The van der Waals surface area contributed by atoms with Crippen LogP contribution in [0.4, 0.5) is 0 Å². The normalized spacial score (nSPS) is 14.2. The number of pyridine rings is 1. The first-order chi connectivity index (χ1) is 13.6. The minimum absolute atomic E-state index is 0.160. The van der Waals surface area contributed by atoms with Crippen LogP contribution in [0.2, 0.25) is 0 Å². The van der Waals surface area contributed by atoms with Crippen LogP contribution in [0.3, 0.4) is 0 Å². The van der Waals surface area contributed by atoms with E-state index in [4.69, 9.17) is 0 Å². The molecule has 4 rings (SSSR count). The van der Waals surface area contributed by atoms with Gasteiger partial charge in [0.15, 0.2) is 0 Å². The second kappa shape index (κ2) is 6.77. The van der Waals surface area contributed by atoms with Crippen molar-refractivity contribution in [1.82, 2.24) is 19.9 Å². The van der Waals surface area contributed by atoms with Gasteiger partial charge < -0.3 is 5.32 Å². The van der Waals surface area contributed by atoms with Crippen LogP contribution in [0.15, 0.2) is 40.4 Å². The van der Waals surface area contributed by atoms with Crippen LogP contribution in [-0.2, 0) is 16.9 Å². The van der Waals surface area contributed by atoms with Gasteiger partial charge in [-0.05, 0) is 49.1 Å². The molecule has 8 nitrogen and oxygen atoms in total. The van der Waals surface area contributed by atoms with E-state index in [0.29, 0.717) is 22.1 Å². The third-order valence-corrected chi connectivity index (χ3v) is 5.82. The summed E-state index contributed by atoms with van der Waals surface area (Å²) < 4.78 is 24.8. The van der Waals surface area contributed by atoms with Gasteiger partial charge in [0, 0.05) is 42.1 Å². The van der Waals surface area contributed by atoms with E-state index in [2.05, 4.69) is 15.3 Å². The fraction of sp³-hybridized carbons (Fsp3) is 0.300. The molecule has 0 spiro atoms. The number of amides is 1. The Bertz CT molecular complexity index is 1320. The summed E-state index contributed by atoms with van der Waals surface area (Å²) in [6, 6.07) is 7.13. The lowest BCUT2D eigenvalue weighted by Crippen LogP contribution is -2.25. The number of nitrogens with zero attached hydrogens (tertiary/aromatic N) is 3. The van der Waals surface area contributed by atoms with Crippen molar-refractivity contribution in [3.8, 4) is 11.1 Å². The van der Waals surface area contributed by atoms with Crippen LogP contribution in [0.5, 0.6) is 0 Å². The molecule has 3 aromatic rings. The number of carbonyl (C=O) groups is 1. The van der Waals surface area contributed by atoms with Crippen LogP contribution < -0.4 is 10.9 Å². The van der Waals surface area contributed by atoms with Crippen molar-refractivity contribution in [2.75, 3.05) is 6.26 Å². The monoisotopic (exact) mass is 412 g/mol. The van der Waals surface area contributed by atoms with Gasteiger partial charge in [-0.1, -0.05) is 6.07 Å². The van der Waals surface area contributed by atoms with Gasteiger partial charge in [0.25, 0.3) is 11.5 Å². The topological polar surface area (TPSA) is 111 Å². The third kappa shape index (κ3) is 3.65. The standard InChI is InChI=1S/C20H20N4O4S/c1-11-4-5-12(18(25)22-14-6-7-14)8-15(11)16-9-13-10-21-20(29(3,27)28)23-17(13)24(2)19(16)26/h4-5,8-10,14H,6-7H2,1-3H3,(H,22,25). The zero-order valence-electron chi connectivity index (χ0n) is 16.3. The van der Waals surface area contributed by atoms with E-state index < -0.39 is 9.84 Å². The van der Waals surface area contributed by atoms with Crippen LogP contribution in [0.1, 0.15) is 28.8 Å². The molecule has 0 aliphatic heterocycles. The molecule has 9 heteroatoms. The molecule has 1 saturated carbocycles. The van der Waals surface area contributed by atoms with E-state index in [-0.39, 0.29) is 28.3 Å². The Labute approximate surface area is 167 Å². The minimum atomic E-state index is -3.60. The maximum Gasteiger partial charge on any atom is 0.259 e. The Morgan fingerprint density at radius 3 is 2.59 bits per heavy atom. The van der Waals surface area contributed by atoms with E-state index in [1.165, 1.54) is 17.8 Å². The molecule has 1 aromatic carbocycles. The molecule has 2 heterocycles. The van der Waals surface area contributed by atoms with E-state index >= 15 is 0 Å². The largest absolute Gasteiger partial charge is 0.349 e. The lowest BCUT2D eigenvalue weighted by molar-refractivity contribution is 0.0951. The van der Waals surface area contributed by atoms with Crippen molar-refractivity contribution in [2.24, 2.45) is 7.05 Å². The third-order valence-electron chi connectivity index (χ3n) is 4.96. The molecule has 0 atom stereocenters. The Morgan fingerprint density at radius 1 is 1.21 bits per heavy atom. The SMILES string of the molecule is Cc1ccc(C(=O)NC2CC2)cc1-c1cc2cnc(S(C)(=O)=O)nc2n(C)c1=O. The van der Waals surface area contributed by atoms with E-state index in [1.807, 2.05) is 13.0 Å². The van der Waals surface area contributed by atoms with Gasteiger partial charge in [-0.25, -0.2) is 13.4 Å². The van der Waals surface area contributed by atoms with Crippen molar-refractivity contribution in [1.29, 1.82) is 0 Å². The number of sulfone groups is 1. The average molecular weight is 412 g/mol. The summed E-state index contributed by atoms with van der Waals surface area (Å²) in [7, 11) is -2.06. The van der Waals surface area contributed by atoms with Crippen molar-refractivity contribution in [3.63, 3.8) is 0 Å². The number of fused-ring (bicyclic) bond motifs is 1. The number of aryl methyl sites for hydroxylation is 2. The number of hydrogen-bond donors (Lipinski definition) is 1. The fourth-order valence-corrected chi connectivity index (χ4v) is 3.65. The zero-order valence-corrected chi connectivity index (χ0v) is 17.1. The van der Waals surface area contributed by atoms with Crippen molar-refractivity contribution in [2.45, 2.75) is 31.0 Å². The predicted molar refractivity (Wildman–Crippen MR) is 109 cm³/mol. The van der Waals surface area contributed by atoms with Crippen LogP contribution in [0, 0.1) is 6.92 Å². The minimum Gasteiger partial charge on any atom is -0.349 e. The Kier molecular flexibility index (Phi) is 4.49. The predicted octanol–water partition coefficient (Wildman–Crippen LogP) is 1.60. The quantitative estimate of drug-likeness (QED) is 0.652. The van der Waals surface area contributed by atoms with Crippen LogP contribution in [0.25, 0.3) is 22.2 Å². The van der Waals surface area contributed by atoms with Crippen molar-refractivity contribution in [3.05, 3.63) is 51.9 Å². The molecular weight excluding hydrogens is 392 g/mol. The first-order valence-electron chi connectivity index (χ1n) is 9.14. The lowest BCUT2D eigenvalue weighted by Gasteiger charge is -2.12. The number of nitrogens with one attached hydrogen (secondary N) is 1. The maximum atomic E-state index is 13.0. The Balaban J connectivity index is 1.87. The summed E-state index contributed by atoms with van der Waals surface area (Å²) in [5, 5.41) is 3.14. The number of benzene rings is 1. The molecule has 0 saturated heterocycles. The summed E-state index contributed by atoms with van der Waals surface area (Å²) in [5.41, 5.74) is 2.27. The van der Waals surface area contributed by atoms with Gasteiger partial charge >= 0.3 is 0 Å². The summed E-state index contributed by atoms with van der Waals surface area (Å²) in [6.45, 7) is 1.87. The van der Waals surface area contributed by atoms with Crippen molar-refractivity contribution >= 4 is 26.8 Å². The highest BCUT2D eigenvalue weighted by atomic mass is 32.2. The average Bonchev–Trinajstić information content (AvgIpc) is 3.48. The molecule has 2 aromatic heterocycles. The molecule has 1 aliphatic rings. The van der Waals surface area contributed by atoms with Gasteiger partial charge in [-0.3, -0.25) is 14.2 Å². The molecule has 150 valence electrons. The molecule has 1 N–H and O–H groups in total. The Hall–Kier alpha value is -3.07. The van der Waals surface area contributed by atoms with Gasteiger partial charge in [0.1, 0.15) is 5.65 Å². The molecule has 29 heavy (non-hydrogen) atoms. The zero-order chi connectivity index (χ0) is 20.9. The molecule has 1 aliphatic carbocycles. The van der Waals surface area contributed by atoms with Crippen molar-refractivity contribution < 1.29 is 13.2 Å². The molecule has 0 bridgehead atoms. The molecular formula is C20H20N4O4S. The van der Waals surface area contributed by atoms with Gasteiger partial charge in [-0.15, -0.1) is 0 Å². The number of carbonyl (C=O) groups excluding carboxylic acids is 1. The first-order valence-corrected chi connectivity index (χ1v) is 11.0. The maximum absolute atomic E-state index is 13.0. The highest BCUT2D eigenvalue weighted by Crippen LogP contribution is 2.26. The summed E-state index contributed by atoms with van der Waals surface area (Å²) in [4.78, 5) is 33.4. The van der Waals surface area contributed by atoms with Gasteiger partial charge in [0.05, 0.1) is 0 Å². The molecule has 1 fully saturated rings. The second-order valence-corrected chi connectivity index (χ2v) is 9.31. The highest BCUT2D eigenvalue weighted by Gasteiger charge is 2.24. The number of hydrogen-bond acceptors (Lipinski definition) is 6. The summed E-state index contributed by atoms with van der Waals surface area (Å²) >= 11 is 0. The molecule has 0 radical (unpaired) electrons. The lowest BCUT2D eigenvalue weighted by atomic mass is 9.98. The van der Waals surface area contributed by atoms with Gasteiger partial charge in [0.2, 0.25) is 15.0 Å². The van der Waals surface area contributed by atoms with E-state index in [9.17, 15) is 18.0 Å².